The van der Waals surface area contributed by atoms with Crippen molar-refractivity contribution < 1.29 is 38.1 Å². The van der Waals surface area contributed by atoms with E-state index in [2.05, 4.69) is 0 Å². The van der Waals surface area contributed by atoms with Gasteiger partial charge in [-0.3, -0.25) is 9.59 Å². The summed E-state index contributed by atoms with van der Waals surface area (Å²) < 4.78 is 26.9. The summed E-state index contributed by atoms with van der Waals surface area (Å²) in [6.07, 6.45) is 1.45. The fraction of sp³-hybridized carbons (Fsp3) is 0.200. The standard InChI is InChI=1S/C25H21NO8/c1-30-15-6-7-16(19(11-15)31-2)23(27)21-22(18-4-3-9-32-18)26(25(29)24(21)28)12-14-5-8-17-20(10-14)34-13-33-17/h3-11,22,27H,12-13H2,1-2H3/b23-21-. The number of carbonyl (C=O) groups excluding carboxylic acids is 2. The molecule has 2 aliphatic rings. The molecule has 2 aromatic carbocycles. The fourth-order valence-electron chi connectivity index (χ4n) is 4.16. The normalized spacial score (nSPS) is 18.4. The molecule has 174 valence electrons. The Morgan fingerprint density at radius 1 is 1.06 bits per heavy atom. The Morgan fingerprint density at radius 2 is 1.88 bits per heavy atom. The van der Waals surface area contributed by atoms with Gasteiger partial charge in [0.2, 0.25) is 6.79 Å². The number of methoxy groups -OCH3 is 2. The highest BCUT2D eigenvalue weighted by Crippen LogP contribution is 2.43. The molecule has 0 spiro atoms. The zero-order chi connectivity index (χ0) is 23.8. The largest absolute Gasteiger partial charge is 0.507 e. The Morgan fingerprint density at radius 3 is 2.62 bits per heavy atom. The number of fused-ring (bicyclic) bond motifs is 1. The summed E-state index contributed by atoms with van der Waals surface area (Å²) in [7, 11) is 2.95. The lowest BCUT2D eigenvalue weighted by molar-refractivity contribution is -0.140. The predicted octanol–water partition coefficient (Wildman–Crippen LogP) is 3.65. The maximum Gasteiger partial charge on any atom is 0.296 e. The molecule has 9 heteroatoms. The van der Waals surface area contributed by atoms with E-state index < -0.39 is 17.7 Å². The first kappa shape index (κ1) is 21.4. The van der Waals surface area contributed by atoms with Crippen molar-refractivity contribution in [1.82, 2.24) is 4.90 Å². The number of ether oxygens (including phenoxy) is 4. The van der Waals surface area contributed by atoms with Crippen LogP contribution in [0.4, 0.5) is 0 Å². The topological polar surface area (TPSA) is 108 Å². The van der Waals surface area contributed by atoms with E-state index in [4.69, 9.17) is 23.4 Å². The minimum Gasteiger partial charge on any atom is -0.507 e. The van der Waals surface area contributed by atoms with Crippen molar-refractivity contribution in [2.75, 3.05) is 21.0 Å². The summed E-state index contributed by atoms with van der Waals surface area (Å²) in [6, 6.07) is 12.4. The van der Waals surface area contributed by atoms with E-state index in [-0.39, 0.29) is 36.0 Å². The molecule has 3 heterocycles. The molecule has 3 aromatic rings. The summed E-state index contributed by atoms with van der Waals surface area (Å²) in [6.45, 7) is 0.211. The molecule has 1 unspecified atom stereocenters. The van der Waals surface area contributed by atoms with Crippen LogP contribution in [0.2, 0.25) is 0 Å². The number of likely N-dealkylation sites (tertiary alicyclic amines) is 1. The zero-order valence-corrected chi connectivity index (χ0v) is 18.4. The van der Waals surface area contributed by atoms with Crippen LogP contribution in [-0.2, 0) is 16.1 Å². The van der Waals surface area contributed by atoms with Gasteiger partial charge in [0.05, 0.1) is 31.6 Å². The van der Waals surface area contributed by atoms with Crippen LogP contribution in [0, 0.1) is 0 Å². The molecule has 0 bridgehead atoms. The van der Waals surface area contributed by atoms with Crippen LogP contribution in [0.25, 0.3) is 5.76 Å². The second-order valence-corrected chi connectivity index (χ2v) is 7.70. The molecule has 1 saturated heterocycles. The summed E-state index contributed by atoms with van der Waals surface area (Å²) >= 11 is 0. The van der Waals surface area contributed by atoms with E-state index in [1.807, 2.05) is 0 Å². The average molecular weight is 463 g/mol. The molecule has 34 heavy (non-hydrogen) atoms. The Kier molecular flexibility index (Phi) is 5.37. The number of nitrogens with zero attached hydrogens (tertiary/aromatic N) is 1. The van der Waals surface area contributed by atoms with Crippen LogP contribution >= 0.6 is 0 Å². The SMILES string of the molecule is COc1ccc(/C(O)=C2/C(=O)C(=O)N(Cc3ccc4c(c3)OCO4)C2c2ccco2)c(OC)c1. The lowest BCUT2D eigenvalue weighted by Gasteiger charge is -2.23. The highest BCUT2D eigenvalue weighted by atomic mass is 16.7. The summed E-state index contributed by atoms with van der Waals surface area (Å²) in [5.41, 5.74) is 0.884. The molecule has 0 saturated carbocycles. The molecule has 5 rings (SSSR count). The minimum absolute atomic E-state index is 0.0864. The smallest absolute Gasteiger partial charge is 0.296 e. The Labute approximate surface area is 194 Å². The van der Waals surface area contributed by atoms with E-state index in [9.17, 15) is 14.7 Å². The van der Waals surface area contributed by atoms with Crippen LogP contribution in [-0.4, -0.2) is 42.7 Å². The molecule has 9 nitrogen and oxygen atoms in total. The molecule has 1 atom stereocenters. The van der Waals surface area contributed by atoms with Crippen molar-refractivity contribution in [2.24, 2.45) is 0 Å². The first-order chi connectivity index (χ1) is 16.5. The van der Waals surface area contributed by atoms with E-state index >= 15 is 0 Å². The number of rotatable bonds is 6. The van der Waals surface area contributed by atoms with Gasteiger partial charge in [0.25, 0.3) is 11.7 Å². The second-order valence-electron chi connectivity index (χ2n) is 7.70. The van der Waals surface area contributed by atoms with E-state index in [0.717, 1.165) is 5.56 Å². The van der Waals surface area contributed by atoms with Gasteiger partial charge in [-0.05, 0) is 42.0 Å². The molecule has 0 aliphatic carbocycles. The predicted molar refractivity (Wildman–Crippen MR) is 119 cm³/mol. The molecule has 1 N–H and O–H groups in total. The number of ketones is 1. The average Bonchev–Trinajstić information content (AvgIpc) is 3.60. The Bertz CT molecular complexity index is 1290. The third kappa shape index (κ3) is 3.51. The lowest BCUT2D eigenvalue weighted by Crippen LogP contribution is -2.29. The molecule has 1 aromatic heterocycles. The second kappa shape index (κ2) is 8.51. The maximum absolute atomic E-state index is 13.2. The number of Topliss-reactive ketones (excluding diaryl/α,β-unsaturated/α-hetero) is 1. The first-order valence-electron chi connectivity index (χ1n) is 10.4. The Balaban J connectivity index is 1.60. The van der Waals surface area contributed by atoms with Gasteiger partial charge in [-0.25, -0.2) is 0 Å². The number of aliphatic hydroxyl groups excluding tert-OH is 1. The maximum atomic E-state index is 13.2. The number of carbonyl (C=O) groups is 2. The van der Waals surface area contributed by atoms with Crippen molar-refractivity contribution >= 4 is 17.4 Å². The first-order valence-corrected chi connectivity index (χ1v) is 10.4. The molecule has 2 aliphatic heterocycles. The molecule has 1 fully saturated rings. The van der Waals surface area contributed by atoms with E-state index in [1.54, 1.807) is 48.5 Å². The summed E-state index contributed by atoms with van der Waals surface area (Å²) in [5.74, 6) is 0.370. The number of aliphatic hydroxyl groups is 1. The number of furan rings is 1. The van der Waals surface area contributed by atoms with Gasteiger partial charge in [0.15, 0.2) is 11.5 Å². The Hall–Kier alpha value is -4.40. The number of hydrogen-bond donors (Lipinski definition) is 1. The van der Waals surface area contributed by atoms with Crippen molar-refractivity contribution in [2.45, 2.75) is 12.6 Å². The monoisotopic (exact) mass is 463 g/mol. The van der Waals surface area contributed by atoms with Crippen LogP contribution in [0.5, 0.6) is 23.0 Å². The van der Waals surface area contributed by atoms with Gasteiger partial charge in [0.1, 0.15) is 29.1 Å². The van der Waals surface area contributed by atoms with Crippen molar-refractivity contribution in [3.8, 4) is 23.0 Å². The molecule has 0 radical (unpaired) electrons. The van der Waals surface area contributed by atoms with E-state index in [1.165, 1.54) is 25.4 Å². The van der Waals surface area contributed by atoms with Crippen molar-refractivity contribution in [3.63, 3.8) is 0 Å². The van der Waals surface area contributed by atoms with Crippen LogP contribution in [0.3, 0.4) is 0 Å². The van der Waals surface area contributed by atoms with Crippen LogP contribution < -0.4 is 18.9 Å². The zero-order valence-electron chi connectivity index (χ0n) is 18.4. The quantitative estimate of drug-likeness (QED) is 0.335. The minimum atomic E-state index is -0.938. The van der Waals surface area contributed by atoms with Gasteiger partial charge >= 0.3 is 0 Å². The lowest BCUT2D eigenvalue weighted by atomic mass is 9.98. The van der Waals surface area contributed by atoms with Gasteiger partial charge in [-0.1, -0.05) is 6.07 Å². The summed E-state index contributed by atoms with van der Waals surface area (Å²) in [4.78, 5) is 27.7. The highest BCUT2D eigenvalue weighted by molar-refractivity contribution is 6.46. The highest BCUT2D eigenvalue weighted by Gasteiger charge is 2.47. The van der Waals surface area contributed by atoms with Gasteiger partial charge in [-0.15, -0.1) is 0 Å². The summed E-state index contributed by atoms with van der Waals surface area (Å²) in [5, 5.41) is 11.2. The van der Waals surface area contributed by atoms with Crippen LogP contribution in [0.1, 0.15) is 22.9 Å². The van der Waals surface area contributed by atoms with Crippen LogP contribution in [0.15, 0.2) is 64.8 Å². The number of amides is 1. The molecular weight excluding hydrogens is 442 g/mol. The third-order valence-corrected chi connectivity index (χ3v) is 5.81. The fourth-order valence-corrected chi connectivity index (χ4v) is 4.16. The van der Waals surface area contributed by atoms with Gasteiger partial charge in [-0.2, -0.15) is 0 Å². The molecule has 1 amide bonds. The third-order valence-electron chi connectivity index (χ3n) is 5.81. The number of hydrogen-bond acceptors (Lipinski definition) is 8. The van der Waals surface area contributed by atoms with Gasteiger partial charge in [0, 0.05) is 12.6 Å². The van der Waals surface area contributed by atoms with E-state index in [0.29, 0.717) is 23.0 Å². The number of benzene rings is 2. The van der Waals surface area contributed by atoms with Gasteiger partial charge < -0.3 is 33.4 Å². The van der Waals surface area contributed by atoms with Crippen molar-refractivity contribution in [3.05, 3.63) is 77.3 Å². The van der Waals surface area contributed by atoms with Crippen molar-refractivity contribution in [1.29, 1.82) is 0 Å². The molecular formula is C25H21NO8.